The van der Waals surface area contributed by atoms with Crippen molar-refractivity contribution in [3.8, 4) is 0 Å². The highest BCUT2D eigenvalue weighted by atomic mass is 15.3. The highest BCUT2D eigenvalue weighted by Gasteiger charge is 2.65. The monoisotopic (exact) mass is 1130 g/mol. The second kappa shape index (κ2) is 15.6. The largest absolute Gasteiger partial charge is 0.347 e. The standard InChI is InChI=1S/C81H94B2N3/c1-71(2)31-33-78(15)45-19-22-54-63(35-45)86-49-38-64-67-65(39-49)85(48-21-24-52(71)60(78)37-48)70-66(51-41-57-59(43-62(51)82-70)76(11,12)30-28-74(57,7)8)83(67)69-68(50-40-56-58(42-55(50)77(69,13)14)75(9,10)29-27-73(56,5)6)84(64)47-20-23-53-61(36-47)79(16,34-32-72(53,3)4)46-25-26-80(54,17)81(86,18)44-46/h19-24,35-43,46,66,70H,25-34,44H2,1-18H3. The summed E-state index contributed by atoms with van der Waals surface area (Å²) in [5, 5.41) is 0. The van der Waals surface area contributed by atoms with Crippen molar-refractivity contribution in [2.24, 2.45) is 5.92 Å². The summed E-state index contributed by atoms with van der Waals surface area (Å²) in [7, 11) is 2.82. The molecule has 0 aromatic heterocycles. The fraction of sp³-hybridized carbons (Fsp3) is 0.531. The van der Waals surface area contributed by atoms with Crippen molar-refractivity contribution in [3.05, 3.63) is 169 Å². The van der Waals surface area contributed by atoms with Gasteiger partial charge in [-0.05, 0) is 242 Å². The zero-order chi connectivity index (χ0) is 59.9. The fourth-order valence-corrected chi connectivity index (χ4v) is 22.6. The maximum Gasteiger partial charge on any atom is 0.222 e. The van der Waals surface area contributed by atoms with Gasteiger partial charge in [0, 0.05) is 67.6 Å². The van der Waals surface area contributed by atoms with Crippen LogP contribution >= 0.6 is 0 Å². The van der Waals surface area contributed by atoms with Crippen LogP contribution in [0.4, 0.5) is 34.1 Å². The topological polar surface area (TPSA) is 9.72 Å². The smallest absolute Gasteiger partial charge is 0.222 e. The van der Waals surface area contributed by atoms with E-state index in [2.05, 4.69) is 238 Å². The van der Waals surface area contributed by atoms with Crippen LogP contribution in [0.5, 0.6) is 0 Å². The SMILES string of the molecule is CC1(C)CCC(C)(C)c2cc3c(cc21)[B]C1C3B2C3=C(c4cc5c(cc4C3(C)C)C(C)(C)CCC5(C)C)N3c4ccc5c(c4)C(C)(CCC5(C)C)C4CCC5(C)c6ccc7cc6N(c6cc3c2c(c6)N1c1ccc2c(c1)C7(C)CCC2(C)C)C5(C)C4. The van der Waals surface area contributed by atoms with Gasteiger partial charge in [0.25, 0.3) is 0 Å². The Morgan fingerprint density at radius 1 is 0.453 bits per heavy atom. The maximum atomic E-state index is 3.04. The van der Waals surface area contributed by atoms with Gasteiger partial charge in [0.05, 0.1) is 5.54 Å². The Hall–Kier alpha value is -5.41. The van der Waals surface area contributed by atoms with E-state index in [1.165, 1.54) is 130 Å². The average Bonchev–Trinajstić information content (AvgIpc) is 1.44. The first-order chi connectivity index (χ1) is 40.3. The Morgan fingerprint density at radius 3 is 1.72 bits per heavy atom. The minimum atomic E-state index is -0.272. The lowest BCUT2D eigenvalue weighted by Gasteiger charge is -2.58. The molecule has 12 aliphatic rings. The summed E-state index contributed by atoms with van der Waals surface area (Å²) >= 11 is 0. The van der Waals surface area contributed by atoms with Crippen molar-refractivity contribution < 1.29 is 0 Å². The molecule has 5 heteroatoms. The van der Waals surface area contributed by atoms with Crippen molar-refractivity contribution in [1.82, 2.24) is 0 Å². The quantitative estimate of drug-likeness (QED) is 0.140. The van der Waals surface area contributed by atoms with Crippen LogP contribution in [0.15, 0.2) is 96.5 Å². The molecule has 6 aromatic rings. The van der Waals surface area contributed by atoms with Crippen LogP contribution in [0.25, 0.3) is 5.70 Å². The summed E-state index contributed by atoms with van der Waals surface area (Å²) in [5.41, 5.74) is 34.5. The Kier molecular flexibility index (Phi) is 9.71. The van der Waals surface area contributed by atoms with Gasteiger partial charge >= 0.3 is 0 Å². The zero-order valence-corrected chi connectivity index (χ0v) is 55.7. The summed E-state index contributed by atoms with van der Waals surface area (Å²) in [6.45, 7) is 46.9. The predicted octanol–water partition coefficient (Wildman–Crippen LogP) is 18.6. The number of hydrogen-bond donors (Lipinski definition) is 0. The lowest BCUT2D eigenvalue weighted by molar-refractivity contribution is 0.0840. The van der Waals surface area contributed by atoms with Crippen molar-refractivity contribution in [2.45, 2.75) is 267 Å². The average molecular weight is 1130 g/mol. The van der Waals surface area contributed by atoms with E-state index in [9.17, 15) is 0 Å². The van der Waals surface area contributed by atoms with Gasteiger partial charge in [-0.1, -0.05) is 177 Å². The third-order valence-corrected chi connectivity index (χ3v) is 28.8. The predicted molar refractivity (Wildman–Crippen MR) is 364 cm³/mol. The highest BCUT2D eigenvalue weighted by Crippen LogP contribution is 2.69. The Labute approximate surface area is 517 Å². The molecule has 7 unspecified atom stereocenters. The number of nitrogens with zero attached hydrogens (tertiary/aromatic N) is 3. The van der Waals surface area contributed by atoms with E-state index in [1.807, 2.05) is 0 Å². The first kappa shape index (κ1) is 53.6. The Balaban J connectivity index is 1.03. The second-order valence-corrected chi connectivity index (χ2v) is 36.2. The lowest BCUT2D eigenvalue weighted by Crippen LogP contribution is -2.61. The molecule has 11 bridgehead atoms. The second-order valence-electron chi connectivity index (χ2n) is 36.2. The van der Waals surface area contributed by atoms with Crippen LogP contribution in [0.3, 0.4) is 0 Å². The van der Waals surface area contributed by atoms with E-state index in [0.717, 1.165) is 19.3 Å². The van der Waals surface area contributed by atoms with Gasteiger partial charge in [-0.25, -0.2) is 0 Å². The molecule has 86 heavy (non-hydrogen) atoms. The van der Waals surface area contributed by atoms with E-state index in [1.54, 1.807) is 50.0 Å². The maximum absolute atomic E-state index is 3.04. The molecule has 6 aliphatic heterocycles. The van der Waals surface area contributed by atoms with E-state index in [4.69, 9.17) is 0 Å². The van der Waals surface area contributed by atoms with Crippen molar-refractivity contribution in [3.63, 3.8) is 0 Å². The zero-order valence-electron chi connectivity index (χ0n) is 55.7. The van der Waals surface area contributed by atoms with Gasteiger partial charge in [0.15, 0.2) is 7.28 Å². The molecule has 1 saturated carbocycles. The van der Waals surface area contributed by atoms with Crippen LogP contribution in [0.1, 0.15) is 273 Å². The number of anilines is 6. The summed E-state index contributed by atoms with van der Waals surface area (Å²) < 4.78 is 0. The first-order valence-corrected chi connectivity index (χ1v) is 34.3. The van der Waals surface area contributed by atoms with Crippen LogP contribution in [0.2, 0.25) is 0 Å². The molecule has 1 radical (unpaired) electrons. The summed E-state index contributed by atoms with van der Waals surface area (Å²) in [6, 6.07) is 40.8. The van der Waals surface area contributed by atoms with Crippen LogP contribution in [-0.4, -0.2) is 25.5 Å². The van der Waals surface area contributed by atoms with Crippen molar-refractivity contribution in [1.29, 1.82) is 0 Å². The lowest BCUT2D eigenvalue weighted by atomic mass is 9.25. The third-order valence-electron chi connectivity index (χ3n) is 28.8. The van der Waals surface area contributed by atoms with Crippen LogP contribution < -0.4 is 25.6 Å². The molecule has 3 nitrogen and oxygen atoms in total. The first-order valence-electron chi connectivity index (χ1n) is 34.3. The van der Waals surface area contributed by atoms with Crippen molar-refractivity contribution in [2.75, 3.05) is 14.7 Å². The summed E-state index contributed by atoms with van der Waals surface area (Å²) in [6.07, 6.45) is 13.1. The minimum absolute atomic E-state index is 0.0114. The van der Waals surface area contributed by atoms with E-state index >= 15 is 0 Å². The normalized spacial score (nSPS) is 32.7. The molecular formula is C81H94B2N3. The number of fused-ring (bicyclic) bond motifs is 20. The number of benzene rings is 6. The third kappa shape index (κ3) is 6.14. The molecule has 439 valence electrons. The molecule has 7 atom stereocenters. The highest BCUT2D eigenvalue weighted by molar-refractivity contribution is 6.88. The van der Waals surface area contributed by atoms with Gasteiger partial charge in [-0.3, -0.25) is 0 Å². The number of hydrogen-bond acceptors (Lipinski definition) is 3. The molecule has 0 N–H and O–H groups in total. The van der Waals surface area contributed by atoms with Gasteiger partial charge in [-0.2, -0.15) is 0 Å². The fourth-order valence-electron chi connectivity index (χ4n) is 22.6. The minimum Gasteiger partial charge on any atom is -0.347 e. The Bertz CT molecular complexity index is 4200. The molecule has 6 aliphatic carbocycles. The number of allylic oxidation sites excluding steroid dienone is 1. The number of rotatable bonds is 0. The van der Waals surface area contributed by atoms with Crippen LogP contribution in [0, 0.1) is 5.92 Å². The van der Waals surface area contributed by atoms with Gasteiger partial charge in [0.1, 0.15) is 0 Å². The summed E-state index contributed by atoms with van der Waals surface area (Å²) in [5.74, 6) is 0.792. The summed E-state index contributed by atoms with van der Waals surface area (Å²) in [4.78, 5) is 8.95. The van der Waals surface area contributed by atoms with Gasteiger partial charge in [0.2, 0.25) is 6.71 Å². The van der Waals surface area contributed by atoms with E-state index < -0.39 is 0 Å². The molecule has 18 rings (SSSR count). The molecule has 1 fully saturated rings. The van der Waals surface area contributed by atoms with E-state index in [0.29, 0.717) is 5.92 Å². The molecular weight excluding hydrogens is 1040 g/mol. The van der Waals surface area contributed by atoms with Gasteiger partial charge in [-0.15, -0.1) is 0 Å². The molecule has 6 heterocycles. The Morgan fingerprint density at radius 2 is 1.02 bits per heavy atom. The van der Waals surface area contributed by atoms with Gasteiger partial charge < -0.3 is 14.7 Å². The van der Waals surface area contributed by atoms with Crippen LogP contribution in [-0.2, 0) is 54.1 Å². The molecule has 0 amide bonds. The molecule has 0 spiro atoms. The molecule has 0 saturated heterocycles. The molecule has 6 aromatic carbocycles. The van der Waals surface area contributed by atoms with E-state index in [-0.39, 0.29) is 78.2 Å². The van der Waals surface area contributed by atoms with Crippen molar-refractivity contribution >= 4 is 64.7 Å².